The van der Waals surface area contributed by atoms with E-state index in [2.05, 4.69) is 42.0 Å². The van der Waals surface area contributed by atoms with Crippen LogP contribution in [0.5, 0.6) is 0 Å². The van der Waals surface area contributed by atoms with Gasteiger partial charge in [-0.2, -0.15) is 5.26 Å². The largest absolute Gasteiger partial charge is 0.365 e. The fourth-order valence-electron chi connectivity index (χ4n) is 1.76. The molecular formula is C13H20N4. The Kier molecular flexibility index (Phi) is 5.44. The summed E-state index contributed by atoms with van der Waals surface area (Å²) in [6.45, 7) is 9.43. The zero-order chi connectivity index (χ0) is 12.7. The third-order valence-electron chi connectivity index (χ3n) is 2.74. The van der Waals surface area contributed by atoms with Crippen LogP contribution in [0.1, 0.15) is 26.3 Å². The number of nitriles is 1. The van der Waals surface area contributed by atoms with Crippen molar-refractivity contribution >= 4 is 5.82 Å². The van der Waals surface area contributed by atoms with Gasteiger partial charge in [0.25, 0.3) is 0 Å². The maximum atomic E-state index is 8.97. The lowest BCUT2D eigenvalue weighted by Crippen LogP contribution is -2.35. The quantitative estimate of drug-likeness (QED) is 0.816. The van der Waals surface area contributed by atoms with Gasteiger partial charge >= 0.3 is 0 Å². The van der Waals surface area contributed by atoms with Crippen molar-refractivity contribution in [3.8, 4) is 6.07 Å². The summed E-state index contributed by atoms with van der Waals surface area (Å²) < 4.78 is 0. The Labute approximate surface area is 103 Å². The minimum absolute atomic E-state index is 0.275. The number of anilines is 1. The summed E-state index contributed by atoms with van der Waals surface area (Å²) in [5.41, 5.74) is 0.596. The fourth-order valence-corrected chi connectivity index (χ4v) is 1.76. The second-order valence-corrected chi connectivity index (χ2v) is 4.04. The van der Waals surface area contributed by atoms with Crippen LogP contribution in [0.15, 0.2) is 18.3 Å². The Hall–Kier alpha value is -1.60. The Bertz CT molecular complexity index is 379. The monoisotopic (exact) mass is 232 g/mol. The molecule has 92 valence electrons. The van der Waals surface area contributed by atoms with Crippen molar-refractivity contribution in [2.45, 2.75) is 26.8 Å². The van der Waals surface area contributed by atoms with E-state index >= 15 is 0 Å². The smallest absolute Gasteiger partial charge is 0.144 e. The van der Waals surface area contributed by atoms with Gasteiger partial charge in [0.05, 0.1) is 5.56 Å². The van der Waals surface area contributed by atoms with Crippen molar-refractivity contribution in [3.05, 3.63) is 23.9 Å². The van der Waals surface area contributed by atoms with Crippen molar-refractivity contribution in [1.29, 1.82) is 5.26 Å². The molecule has 4 nitrogen and oxygen atoms in total. The molecule has 0 saturated heterocycles. The molecule has 0 radical (unpaired) electrons. The van der Waals surface area contributed by atoms with Crippen molar-refractivity contribution in [2.75, 3.05) is 25.0 Å². The maximum absolute atomic E-state index is 8.97. The van der Waals surface area contributed by atoms with E-state index in [1.165, 1.54) is 0 Å². The average molecular weight is 232 g/mol. The summed E-state index contributed by atoms with van der Waals surface area (Å²) in [6.07, 6.45) is 1.70. The normalized spacial score (nSPS) is 12.2. The highest BCUT2D eigenvalue weighted by Gasteiger charge is 2.09. The lowest BCUT2D eigenvalue weighted by Gasteiger charge is -2.23. The van der Waals surface area contributed by atoms with Crippen LogP contribution in [-0.2, 0) is 0 Å². The zero-order valence-electron chi connectivity index (χ0n) is 10.8. The minimum Gasteiger partial charge on any atom is -0.365 e. The molecule has 0 saturated carbocycles. The van der Waals surface area contributed by atoms with Crippen molar-refractivity contribution in [2.24, 2.45) is 0 Å². The number of nitrogens with zero attached hydrogens (tertiary/aromatic N) is 3. The average Bonchev–Trinajstić information content (AvgIpc) is 2.36. The summed E-state index contributed by atoms with van der Waals surface area (Å²) >= 11 is 0. The maximum Gasteiger partial charge on any atom is 0.144 e. The Morgan fingerprint density at radius 2 is 2.18 bits per heavy atom. The van der Waals surface area contributed by atoms with Crippen molar-refractivity contribution in [3.63, 3.8) is 0 Å². The number of hydrogen-bond donors (Lipinski definition) is 1. The van der Waals surface area contributed by atoms with E-state index in [4.69, 9.17) is 5.26 Å². The molecule has 17 heavy (non-hydrogen) atoms. The van der Waals surface area contributed by atoms with E-state index in [0.29, 0.717) is 11.4 Å². The third kappa shape index (κ3) is 4.04. The molecule has 1 rings (SSSR count). The number of nitrogens with one attached hydrogen (secondary N) is 1. The lowest BCUT2D eigenvalue weighted by atomic mass is 10.2. The van der Waals surface area contributed by atoms with Gasteiger partial charge in [0.1, 0.15) is 11.9 Å². The van der Waals surface area contributed by atoms with Gasteiger partial charge in [-0.1, -0.05) is 13.8 Å². The summed E-state index contributed by atoms with van der Waals surface area (Å²) in [6, 6.07) is 5.97. The van der Waals surface area contributed by atoms with E-state index in [-0.39, 0.29) is 6.04 Å². The molecule has 1 unspecified atom stereocenters. The first-order chi connectivity index (χ1) is 8.21. The summed E-state index contributed by atoms with van der Waals surface area (Å²) in [7, 11) is 0. The molecule has 0 aliphatic heterocycles. The number of likely N-dealkylation sites (N-methyl/N-ethyl adjacent to an activating group) is 1. The van der Waals surface area contributed by atoms with Crippen LogP contribution in [0.3, 0.4) is 0 Å². The van der Waals surface area contributed by atoms with Crippen LogP contribution < -0.4 is 5.32 Å². The Balaban J connectivity index is 2.62. The third-order valence-corrected chi connectivity index (χ3v) is 2.74. The molecule has 1 aromatic heterocycles. The van der Waals surface area contributed by atoms with E-state index in [9.17, 15) is 0 Å². The second kappa shape index (κ2) is 6.87. The van der Waals surface area contributed by atoms with Gasteiger partial charge in [-0.3, -0.25) is 0 Å². The van der Waals surface area contributed by atoms with Gasteiger partial charge in [-0.15, -0.1) is 0 Å². The summed E-state index contributed by atoms with van der Waals surface area (Å²) in [5, 5.41) is 12.3. The first-order valence-electron chi connectivity index (χ1n) is 6.05. The molecule has 1 N–H and O–H groups in total. The molecule has 4 heteroatoms. The standard InChI is InChI=1S/C13H20N4/c1-4-17(5-2)10-11(3)16-13-12(9-14)7-6-8-15-13/h6-8,11H,4-5,10H2,1-3H3,(H,15,16). The minimum atomic E-state index is 0.275. The first-order valence-corrected chi connectivity index (χ1v) is 6.05. The molecule has 0 aromatic carbocycles. The van der Waals surface area contributed by atoms with Crippen LogP contribution >= 0.6 is 0 Å². The van der Waals surface area contributed by atoms with Gasteiger partial charge in [0.15, 0.2) is 0 Å². The van der Waals surface area contributed by atoms with Gasteiger partial charge in [0.2, 0.25) is 0 Å². The number of pyridine rings is 1. The molecule has 1 heterocycles. The molecule has 1 aromatic rings. The number of rotatable bonds is 6. The molecule has 0 amide bonds. The first kappa shape index (κ1) is 13.5. The van der Waals surface area contributed by atoms with Crippen LogP contribution in [0.25, 0.3) is 0 Å². The lowest BCUT2D eigenvalue weighted by molar-refractivity contribution is 0.294. The summed E-state index contributed by atoms with van der Waals surface area (Å²) in [4.78, 5) is 6.54. The topological polar surface area (TPSA) is 52.0 Å². The van der Waals surface area contributed by atoms with E-state index in [1.54, 1.807) is 18.3 Å². The van der Waals surface area contributed by atoms with E-state index in [0.717, 1.165) is 19.6 Å². The van der Waals surface area contributed by atoms with Crippen LogP contribution in [-0.4, -0.2) is 35.6 Å². The molecule has 0 spiro atoms. The molecular weight excluding hydrogens is 212 g/mol. The fraction of sp³-hybridized carbons (Fsp3) is 0.538. The van der Waals surface area contributed by atoms with Crippen LogP contribution in [0, 0.1) is 11.3 Å². The molecule has 0 aliphatic rings. The van der Waals surface area contributed by atoms with Crippen LogP contribution in [0.4, 0.5) is 5.82 Å². The Morgan fingerprint density at radius 3 is 2.76 bits per heavy atom. The molecule has 0 bridgehead atoms. The van der Waals surface area contributed by atoms with Crippen molar-refractivity contribution in [1.82, 2.24) is 9.88 Å². The van der Waals surface area contributed by atoms with Crippen molar-refractivity contribution < 1.29 is 0 Å². The van der Waals surface area contributed by atoms with Crippen LogP contribution in [0.2, 0.25) is 0 Å². The summed E-state index contributed by atoms with van der Waals surface area (Å²) in [5.74, 6) is 0.676. The Morgan fingerprint density at radius 1 is 1.47 bits per heavy atom. The van der Waals surface area contributed by atoms with Gasteiger partial charge < -0.3 is 10.2 Å². The number of aromatic nitrogens is 1. The second-order valence-electron chi connectivity index (χ2n) is 4.04. The molecule has 1 atom stereocenters. The molecule has 0 fully saturated rings. The highest BCUT2D eigenvalue weighted by molar-refractivity contribution is 5.51. The molecule has 0 aliphatic carbocycles. The predicted molar refractivity (Wildman–Crippen MR) is 69.8 cm³/mol. The zero-order valence-corrected chi connectivity index (χ0v) is 10.8. The highest BCUT2D eigenvalue weighted by Crippen LogP contribution is 2.11. The SMILES string of the molecule is CCN(CC)CC(C)Nc1ncccc1C#N. The number of hydrogen-bond acceptors (Lipinski definition) is 4. The van der Waals surface area contributed by atoms with Gasteiger partial charge in [-0.25, -0.2) is 4.98 Å². The van der Waals surface area contributed by atoms with Gasteiger partial charge in [-0.05, 0) is 32.1 Å². The predicted octanol–water partition coefficient (Wildman–Crippen LogP) is 2.10. The highest BCUT2D eigenvalue weighted by atomic mass is 15.1. The van der Waals surface area contributed by atoms with E-state index in [1.807, 2.05) is 0 Å². The van der Waals surface area contributed by atoms with Gasteiger partial charge in [0, 0.05) is 18.8 Å². The van der Waals surface area contributed by atoms with E-state index < -0.39 is 0 Å².